The number of aliphatic hydroxyl groups excluding tert-OH is 2. The molecule has 0 aromatic carbocycles. The quantitative estimate of drug-likeness (QED) is 0.634. The van der Waals surface area contributed by atoms with Crippen LogP contribution in [0.15, 0.2) is 0 Å². The van der Waals surface area contributed by atoms with Gasteiger partial charge in [0.2, 0.25) is 0 Å². The van der Waals surface area contributed by atoms with E-state index >= 15 is 0 Å². The standard InChI is InChI=1S/C15H32O3/c1-6-9-14(17)10-13(5)18-15(7-2,8-3)11-12(4)16/h12-14,16-17H,6-11H2,1-5H3. The largest absolute Gasteiger partial charge is 0.393 e. The summed E-state index contributed by atoms with van der Waals surface area (Å²) in [6, 6.07) is 0. The minimum Gasteiger partial charge on any atom is -0.393 e. The van der Waals surface area contributed by atoms with E-state index in [4.69, 9.17) is 4.74 Å². The summed E-state index contributed by atoms with van der Waals surface area (Å²) in [6.45, 7) is 10.1. The van der Waals surface area contributed by atoms with Crippen LogP contribution >= 0.6 is 0 Å². The van der Waals surface area contributed by atoms with Crippen molar-refractivity contribution in [3.05, 3.63) is 0 Å². The summed E-state index contributed by atoms with van der Waals surface area (Å²) in [7, 11) is 0. The highest BCUT2D eigenvalue weighted by molar-refractivity contribution is 4.81. The Morgan fingerprint density at radius 2 is 1.61 bits per heavy atom. The minimum absolute atomic E-state index is 0.0326. The molecule has 0 rings (SSSR count). The molecule has 0 heterocycles. The van der Waals surface area contributed by atoms with Gasteiger partial charge >= 0.3 is 0 Å². The van der Waals surface area contributed by atoms with Crippen molar-refractivity contribution in [3.63, 3.8) is 0 Å². The molecule has 0 saturated carbocycles. The number of hydrogen-bond acceptors (Lipinski definition) is 3. The van der Waals surface area contributed by atoms with Gasteiger partial charge < -0.3 is 14.9 Å². The number of aliphatic hydroxyl groups is 2. The van der Waals surface area contributed by atoms with Gasteiger partial charge in [0.25, 0.3) is 0 Å². The Balaban J connectivity index is 4.39. The first kappa shape index (κ1) is 17.9. The Kier molecular flexibility index (Phi) is 8.83. The van der Waals surface area contributed by atoms with Gasteiger partial charge in [-0.25, -0.2) is 0 Å². The molecule has 3 atom stereocenters. The van der Waals surface area contributed by atoms with Crippen LogP contribution in [-0.2, 0) is 4.74 Å². The van der Waals surface area contributed by atoms with Crippen molar-refractivity contribution in [2.24, 2.45) is 0 Å². The van der Waals surface area contributed by atoms with Crippen LogP contribution in [0, 0.1) is 0 Å². The maximum Gasteiger partial charge on any atom is 0.0705 e. The summed E-state index contributed by atoms with van der Waals surface area (Å²) in [5.74, 6) is 0. The molecule has 0 aliphatic rings. The van der Waals surface area contributed by atoms with E-state index in [0.717, 1.165) is 25.7 Å². The zero-order valence-electron chi connectivity index (χ0n) is 12.8. The van der Waals surface area contributed by atoms with E-state index in [1.165, 1.54) is 0 Å². The highest BCUT2D eigenvalue weighted by Crippen LogP contribution is 2.29. The molecular formula is C15H32O3. The van der Waals surface area contributed by atoms with Crippen molar-refractivity contribution in [1.29, 1.82) is 0 Å². The van der Waals surface area contributed by atoms with Crippen molar-refractivity contribution < 1.29 is 14.9 Å². The van der Waals surface area contributed by atoms with Crippen molar-refractivity contribution in [1.82, 2.24) is 0 Å². The molecule has 0 aromatic rings. The predicted octanol–water partition coefficient (Wildman–Crippen LogP) is 3.27. The zero-order valence-corrected chi connectivity index (χ0v) is 12.8. The lowest BCUT2D eigenvalue weighted by atomic mass is 9.90. The smallest absolute Gasteiger partial charge is 0.0705 e. The van der Waals surface area contributed by atoms with Gasteiger partial charge in [-0.2, -0.15) is 0 Å². The monoisotopic (exact) mass is 260 g/mol. The fourth-order valence-corrected chi connectivity index (χ4v) is 2.60. The molecule has 18 heavy (non-hydrogen) atoms. The van der Waals surface area contributed by atoms with E-state index < -0.39 is 0 Å². The van der Waals surface area contributed by atoms with Crippen molar-refractivity contribution >= 4 is 0 Å². The molecule has 3 unspecified atom stereocenters. The number of ether oxygens (including phenoxy) is 1. The highest BCUT2D eigenvalue weighted by Gasteiger charge is 2.31. The van der Waals surface area contributed by atoms with Crippen molar-refractivity contribution in [3.8, 4) is 0 Å². The SMILES string of the molecule is CCCC(O)CC(C)OC(CC)(CC)CC(C)O. The number of hydrogen-bond donors (Lipinski definition) is 2. The first-order valence-electron chi connectivity index (χ1n) is 7.43. The molecular weight excluding hydrogens is 228 g/mol. The van der Waals surface area contributed by atoms with Crippen LogP contribution < -0.4 is 0 Å². The van der Waals surface area contributed by atoms with E-state index in [2.05, 4.69) is 20.8 Å². The van der Waals surface area contributed by atoms with Gasteiger partial charge in [-0.1, -0.05) is 27.2 Å². The van der Waals surface area contributed by atoms with E-state index in [1.54, 1.807) is 6.92 Å². The molecule has 0 aliphatic heterocycles. The molecule has 0 radical (unpaired) electrons. The molecule has 0 amide bonds. The topological polar surface area (TPSA) is 49.7 Å². The lowest BCUT2D eigenvalue weighted by Gasteiger charge is -2.36. The molecule has 0 fully saturated rings. The summed E-state index contributed by atoms with van der Waals surface area (Å²) < 4.78 is 6.14. The van der Waals surface area contributed by atoms with Crippen molar-refractivity contribution in [2.45, 2.75) is 97.1 Å². The predicted molar refractivity (Wildman–Crippen MR) is 75.7 cm³/mol. The first-order valence-corrected chi connectivity index (χ1v) is 7.43. The van der Waals surface area contributed by atoms with Gasteiger partial charge in [0.05, 0.1) is 23.9 Å². The Morgan fingerprint density at radius 3 is 2.00 bits per heavy atom. The van der Waals surface area contributed by atoms with Crippen LogP contribution in [0.2, 0.25) is 0 Å². The molecule has 3 heteroatoms. The van der Waals surface area contributed by atoms with E-state index in [9.17, 15) is 10.2 Å². The zero-order chi connectivity index (χ0) is 14.2. The molecule has 0 aromatic heterocycles. The van der Waals surface area contributed by atoms with Crippen molar-refractivity contribution in [2.75, 3.05) is 0 Å². The summed E-state index contributed by atoms with van der Waals surface area (Å²) in [5.41, 5.74) is -0.250. The van der Waals surface area contributed by atoms with Crippen LogP contribution in [0.25, 0.3) is 0 Å². The molecule has 110 valence electrons. The van der Waals surface area contributed by atoms with Crippen LogP contribution in [0.3, 0.4) is 0 Å². The van der Waals surface area contributed by atoms with Crippen LogP contribution in [0.5, 0.6) is 0 Å². The average Bonchev–Trinajstić information content (AvgIpc) is 2.27. The van der Waals surface area contributed by atoms with Crippen LogP contribution in [0.4, 0.5) is 0 Å². The second-order valence-corrected chi connectivity index (χ2v) is 5.55. The molecule has 0 saturated heterocycles. The fourth-order valence-electron chi connectivity index (χ4n) is 2.60. The molecule has 0 spiro atoms. The third kappa shape index (κ3) is 6.72. The van der Waals surface area contributed by atoms with Gasteiger partial charge in [-0.05, 0) is 39.5 Å². The highest BCUT2D eigenvalue weighted by atomic mass is 16.5. The Bertz CT molecular complexity index is 200. The minimum atomic E-state index is -0.349. The van der Waals surface area contributed by atoms with Crippen LogP contribution in [-0.4, -0.2) is 34.1 Å². The summed E-state index contributed by atoms with van der Waals surface area (Å²) in [4.78, 5) is 0. The van der Waals surface area contributed by atoms with Gasteiger partial charge in [0.15, 0.2) is 0 Å². The van der Waals surface area contributed by atoms with Gasteiger partial charge in [0.1, 0.15) is 0 Å². The second kappa shape index (κ2) is 8.89. The summed E-state index contributed by atoms with van der Waals surface area (Å²) in [5, 5.41) is 19.4. The molecule has 3 nitrogen and oxygen atoms in total. The van der Waals surface area contributed by atoms with Crippen LogP contribution in [0.1, 0.15) is 73.1 Å². The summed E-state index contributed by atoms with van der Waals surface area (Å²) in [6.07, 6.45) is 4.35. The van der Waals surface area contributed by atoms with Gasteiger partial charge in [-0.15, -0.1) is 0 Å². The van der Waals surface area contributed by atoms with Gasteiger partial charge in [0, 0.05) is 6.42 Å². The van der Waals surface area contributed by atoms with E-state index in [-0.39, 0.29) is 23.9 Å². The molecule has 0 bridgehead atoms. The van der Waals surface area contributed by atoms with Gasteiger partial charge in [-0.3, -0.25) is 0 Å². The maximum absolute atomic E-state index is 9.81. The fraction of sp³-hybridized carbons (Fsp3) is 1.00. The maximum atomic E-state index is 9.81. The Morgan fingerprint density at radius 1 is 1.06 bits per heavy atom. The van der Waals surface area contributed by atoms with E-state index in [1.807, 2.05) is 6.92 Å². The number of rotatable bonds is 10. The molecule has 2 N–H and O–H groups in total. The summed E-state index contributed by atoms with van der Waals surface area (Å²) >= 11 is 0. The van der Waals surface area contributed by atoms with E-state index in [0.29, 0.717) is 12.8 Å². The normalized spacial score (nSPS) is 17.5. The molecule has 0 aliphatic carbocycles. The first-order chi connectivity index (χ1) is 8.39. The lowest BCUT2D eigenvalue weighted by Crippen LogP contribution is -2.38. The lowest BCUT2D eigenvalue weighted by molar-refractivity contribution is -0.122. The third-order valence-electron chi connectivity index (χ3n) is 3.63. The Labute approximate surface area is 113 Å². The second-order valence-electron chi connectivity index (χ2n) is 5.55. The third-order valence-corrected chi connectivity index (χ3v) is 3.63. The Hall–Kier alpha value is -0.120. The average molecular weight is 260 g/mol.